The van der Waals surface area contributed by atoms with Gasteiger partial charge in [0.1, 0.15) is 0 Å². The van der Waals surface area contributed by atoms with Crippen molar-refractivity contribution >= 4 is 33.5 Å². The largest absolute Gasteiger partial charge is 0.462 e. The number of nitrogens with zero attached hydrogens (tertiary/aromatic N) is 1. The van der Waals surface area contributed by atoms with Gasteiger partial charge in [-0.2, -0.15) is 8.42 Å². The smallest absolute Gasteiger partial charge is 0.338 e. The highest BCUT2D eigenvalue weighted by atomic mass is 32.2. The summed E-state index contributed by atoms with van der Waals surface area (Å²) in [6.07, 6.45) is -0.392. The molecule has 0 spiro atoms. The molecule has 0 heterocycles. The minimum atomic E-state index is -3.96. The molecule has 1 atom stereocenters. The van der Waals surface area contributed by atoms with E-state index in [0.29, 0.717) is 5.56 Å². The van der Waals surface area contributed by atoms with Crippen molar-refractivity contribution in [3.8, 4) is 0 Å². The lowest BCUT2D eigenvalue weighted by Crippen LogP contribution is -2.41. The Hall–Kier alpha value is -3.82. The predicted molar refractivity (Wildman–Crippen MR) is 140 cm³/mol. The van der Waals surface area contributed by atoms with Gasteiger partial charge in [-0.3, -0.25) is 13.8 Å². The standard InChI is InChI=1S/C28H29NO7S/c1-4-25(36-37(3,33)34)27(31)29(19-20-12-8-6-9-13-20)24-18-22(28(32)35-5-2)16-17-23(24)26(30)21-14-10-7-11-15-21/h6-18,25H,4-5,19H2,1-3H3. The Morgan fingerprint density at radius 3 is 2.05 bits per heavy atom. The van der Waals surface area contributed by atoms with Crippen LogP contribution in [-0.2, 0) is 30.4 Å². The SMILES string of the molecule is CCOC(=O)c1ccc(C(=O)c2ccccc2)c(N(Cc2ccccc2)C(=O)C(CC)OS(C)(=O)=O)c1. The maximum atomic E-state index is 13.8. The van der Waals surface area contributed by atoms with Crippen LogP contribution in [0.1, 0.15) is 52.1 Å². The molecule has 3 aromatic carbocycles. The number of anilines is 1. The third kappa shape index (κ3) is 7.34. The van der Waals surface area contributed by atoms with Gasteiger partial charge in [0.2, 0.25) is 0 Å². The summed E-state index contributed by atoms with van der Waals surface area (Å²) >= 11 is 0. The highest BCUT2D eigenvalue weighted by molar-refractivity contribution is 7.86. The molecule has 0 aromatic heterocycles. The fourth-order valence-corrected chi connectivity index (χ4v) is 4.39. The van der Waals surface area contributed by atoms with Crippen molar-refractivity contribution in [1.82, 2.24) is 0 Å². The number of benzene rings is 3. The van der Waals surface area contributed by atoms with Crippen LogP contribution >= 0.6 is 0 Å². The lowest BCUT2D eigenvalue weighted by Gasteiger charge is -2.28. The molecular formula is C28H29NO7S. The number of ketones is 1. The second kappa shape index (κ2) is 12.4. The van der Waals surface area contributed by atoms with E-state index < -0.39 is 28.1 Å². The number of rotatable bonds is 11. The normalized spacial score (nSPS) is 12.0. The number of ether oxygens (including phenoxy) is 1. The number of carbonyl (C=O) groups is 3. The summed E-state index contributed by atoms with van der Waals surface area (Å²) in [6.45, 7) is 3.45. The first-order valence-electron chi connectivity index (χ1n) is 11.8. The molecule has 37 heavy (non-hydrogen) atoms. The molecule has 0 aliphatic rings. The molecule has 0 N–H and O–H groups in total. The van der Waals surface area contributed by atoms with Crippen molar-refractivity contribution in [1.29, 1.82) is 0 Å². The molecule has 9 heteroatoms. The summed E-state index contributed by atoms with van der Waals surface area (Å²) < 4.78 is 34.0. The Labute approximate surface area is 217 Å². The molecule has 0 aliphatic carbocycles. The van der Waals surface area contributed by atoms with E-state index in [4.69, 9.17) is 8.92 Å². The molecule has 0 bridgehead atoms. The Morgan fingerprint density at radius 2 is 1.49 bits per heavy atom. The number of carbonyl (C=O) groups excluding carboxylic acids is 3. The van der Waals surface area contributed by atoms with Crippen LogP contribution in [0.5, 0.6) is 0 Å². The Morgan fingerprint density at radius 1 is 0.865 bits per heavy atom. The van der Waals surface area contributed by atoms with Crippen molar-refractivity contribution in [2.75, 3.05) is 17.8 Å². The van der Waals surface area contributed by atoms with Crippen LogP contribution in [-0.4, -0.2) is 45.0 Å². The van der Waals surface area contributed by atoms with E-state index in [0.717, 1.165) is 11.8 Å². The highest BCUT2D eigenvalue weighted by Gasteiger charge is 2.31. The van der Waals surface area contributed by atoms with Crippen molar-refractivity contribution in [2.45, 2.75) is 32.9 Å². The number of esters is 1. The van der Waals surface area contributed by atoms with Gasteiger partial charge in [0.15, 0.2) is 11.9 Å². The first-order chi connectivity index (χ1) is 17.6. The van der Waals surface area contributed by atoms with Gasteiger partial charge in [0.05, 0.1) is 30.7 Å². The van der Waals surface area contributed by atoms with Crippen LogP contribution in [0.15, 0.2) is 78.9 Å². The van der Waals surface area contributed by atoms with Gasteiger partial charge in [-0.25, -0.2) is 4.79 Å². The Kier molecular flexibility index (Phi) is 9.32. The molecule has 0 saturated carbocycles. The van der Waals surface area contributed by atoms with E-state index in [1.54, 1.807) is 68.4 Å². The second-order valence-electron chi connectivity index (χ2n) is 8.25. The van der Waals surface area contributed by atoms with Gasteiger partial charge < -0.3 is 9.64 Å². The molecule has 0 aliphatic heterocycles. The molecular weight excluding hydrogens is 494 g/mol. The number of hydrogen-bond acceptors (Lipinski definition) is 7. The van der Waals surface area contributed by atoms with Crippen molar-refractivity contribution < 1.29 is 31.7 Å². The summed E-state index contributed by atoms with van der Waals surface area (Å²) in [5.74, 6) is -1.65. The van der Waals surface area contributed by atoms with Crippen LogP contribution < -0.4 is 4.90 Å². The van der Waals surface area contributed by atoms with Gasteiger partial charge in [-0.1, -0.05) is 67.6 Å². The third-order valence-corrected chi connectivity index (χ3v) is 6.05. The molecule has 0 saturated heterocycles. The quantitative estimate of drug-likeness (QED) is 0.209. The first-order valence-corrected chi connectivity index (χ1v) is 13.6. The minimum absolute atomic E-state index is 0.00461. The third-order valence-electron chi connectivity index (χ3n) is 5.47. The van der Waals surface area contributed by atoms with Gasteiger partial charge in [0.25, 0.3) is 16.0 Å². The molecule has 3 rings (SSSR count). The second-order valence-corrected chi connectivity index (χ2v) is 9.86. The van der Waals surface area contributed by atoms with Gasteiger partial charge in [0, 0.05) is 11.1 Å². The fraction of sp³-hybridized carbons (Fsp3) is 0.250. The van der Waals surface area contributed by atoms with Gasteiger partial charge in [-0.05, 0) is 37.1 Å². The van der Waals surface area contributed by atoms with E-state index in [-0.39, 0.29) is 42.2 Å². The Bertz CT molecular complexity index is 1360. The monoisotopic (exact) mass is 523 g/mol. The average molecular weight is 524 g/mol. The predicted octanol–water partition coefficient (Wildman–Crippen LogP) is 4.38. The van der Waals surface area contributed by atoms with E-state index in [9.17, 15) is 22.8 Å². The van der Waals surface area contributed by atoms with Crippen LogP contribution in [0.2, 0.25) is 0 Å². The average Bonchev–Trinajstić information content (AvgIpc) is 2.90. The summed E-state index contributed by atoms with van der Waals surface area (Å²) in [5, 5.41) is 0. The number of amides is 1. The first kappa shape index (κ1) is 27.8. The summed E-state index contributed by atoms with van der Waals surface area (Å²) in [5.41, 5.74) is 1.56. The van der Waals surface area contributed by atoms with Gasteiger partial charge >= 0.3 is 5.97 Å². The van der Waals surface area contributed by atoms with E-state index in [1.807, 2.05) is 6.07 Å². The molecule has 1 unspecified atom stereocenters. The molecule has 0 radical (unpaired) electrons. The lowest BCUT2D eigenvalue weighted by molar-refractivity contribution is -0.125. The van der Waals surface area contributed by atoms with E-state index in [1.165, 1.54) is 23.1 Å². The molecule has 3 aromatic rings. The maximum Gasteiger partial charge on any atom is 0.338 e. The zero-order valence-corrected chi connectivity index (χ0v) is 21.7. The van der Waals surface area contributed by atoms with E-state index >= 15 is 0 Å². The summed E-state index contributed by atoms with van der Waals surface area (Å²) in [7, 11) is -3.96. The van der Waals surface area contributed by atoms with Crippen LogP contribution in [0.4, 0.5) is 5.69 Å². The maximum absolute atomic E-state index is 13.8. The molecule has 0 fully saturated rings. The highest BCUT2D eigenvalue weighted by Crippen LogP contribution is 2.29. The van der Waals surface area contributed by atoms with Gasteiger partial charge in [-0.15, -0.1) is 0 Å². The topological polar surface area (TPSA) is 107 Å². The fourth-order valence-electron chi connectivity index (χ4n) is 3.75. The van der Waals surface area contributed by atoms with Crippen molar-refractivity contribution in [3.63, 3.8) is 0 Å². The van der Waals surface area contributed by atoms with Crippen LogP contribution in [0.3, 0.4) is 0 Å². The van der Waals surface area contributed by atoms with Crippen molar-refractivity contribution in [2.24, 2.45) is 0 Å². The Balaban J connectivity index is 2.21. The zero-order chi connectivity index (χ0) is 27.0. The molecule has 194 valence electrons. The molecule has 8 nitrogen and oxygen atoms in total. The minimum Gasteiger partial charge on any atom is -0.462 e. The zero-order valence-electron chi connectivity index (χ0n) is 20.9. The molecule has 1 amide bonds. The van der Waals surface area contributed by atoms with Crippen molar-refractivity contribution in [3.05, 3.63) is 101 Å². The van der Waals surface area contributed by atoms with Crippen LogP contribution in [0.25, 0.3) is 0 Å². The van der Waals surface area contributed by atoms with E-state index in [2.05, 4.69) is 0 Å². The number of hydrogen-bond donors (Lipinski definition) is 0. The lowest BCUT2D eigenvalue weighted by atomic mass is 9.98. The summed E-state index contributed by atoms with van der Waals surface area (Å²) in [6, 6.07) is 21.9. The summed E-state index contributed by atoms with van der Waals surface area (Å²) in [4.78, 5) is 41.2. The van der Waals surface area contributed by atoms with Crippen LogP contribution in [0, 0.1) is 0 Å².